The van der Waals surface area contributed by atoms with Gasteiger partial charge >= 0.3 is 5.97 Å². The van der Waals surface area contributed by atoms with Crippen LogP contribution in [0.5, 0.6) is 0 Å². The van der Waals surface area contributed by atoms with Gasteiger partial charge in [0.1, 0.15) is 0 Å². The lowest BCUT2D eigenvalue weighted by atomic mass is 10.1. The third-order valence-electron chi connectivity index (χ3n) is 2.54. The predicted octanol–water partition coefficient (Wildman–Crippen LogP) is 3.16. The number of carbonyl (C=O) groups is 1. The highest BCUT2D eigenvalue weighted by Gasteiger charge is 2.21. The van der Waals surface area contributed by atoms with Gasteiger partial charge in [-0.3, -0.25) is 0 Å². The topological polar surface area (TPSA) is 55.1 Å². The fourth-order valence-electron chi connectivity index (χ4n) is 1.78. The summed E-state index contributed by atoms with van der Waals surface area (Å²) in [5, 5.41) is 10.4. The standard InChI is InChI=1S/C12H11ClN2O2S/c1-15-10(7-4-3-5-8(13)6-7)9(11(16)17)14-12(15)18-2/h3-6H,1-2H3,(H,16,17). The summed E-state index contributed by atoms with van der Waals surface area (Å²) in [6.45, 7) is 0. The Morgan fingerprint density at radius 2 is 2.22 bits per heavy atom. The molecule has 0 spiro atoms. The van der Waals surface area contributed by atoms with E-state index in [1.165, 1.54) is 11.8 Å². The monoisotopic (exact) mass is 282 g/mol. The van der Waals surface area contributed by atoms with Crippen LogP contribution in [0.15, 0.2) is 29.4 Å². The Bertz CT molecular complexity index is 610. The third-order valence-corrected chi connectivity index (χ3v) is 3.50. The lowest BCUT2D eigenvalue weighted by Gasteiger charge is -2.05. The molecule has 1 heterocycles. The molecule has 18 heavy (non-hydrogen) atoms. The van der Waals surface area contributed by atoms with E-state index in [-0.39, 0.29) is 5.69 Å². The molecule has 0 fully saturated rings. The molecule has 0 aliphatic heterocycles. The maximum atomic E-state index is 11.2. The van der Waals surface area contributed by atoms with Gasteiger partial charge in [-0.1, -0.05) is 35.5 Å². The molecule has 1 aromatic carbocycles. The number of imidazole rings is 1. The SMILES string of the molecule is CSc1nc(C(=O)O)c(-c2cccc(Cl)c2)n1C. The quantitative estimate of drug-likeness (QED) is 0.879. The maximum Gasteiger partial charge on any atom is 0.356 e. The van der Waals surface area contributed by atoms with Crippen molar-refractivity contribution in [2.75, 3.05) is 6.26 Å². The van der Waals surface area contributed by atoms with E-state index in [0.29, 0.717) is 15.9 Å². The first-order valence-electron chi connectivity index (χ1n) is 5.14. The smallest absolute Gasteiger partial charge is 0.356 e. The number of halogens is 1. The lowest BCUT2D eigenvalue weighted by Crippen LogP contribution is -2.01. The molecule has 0 saturated carbocycles. The number of aromatic carboxylic acids is 1. The molecule has 0 unspecified atom stereocenters. The largest absolute Gasteiger partial charge is 0.476 e. The van der Waals surface area contributed by atoms with E-state index >= 15 is 0 Å². The molecule has 2 rings (SSSR count). The Morgan fingerprint density at radius 1 is 1.50 bits per heavy atom. The molecule has 0 radical (unpaired) electrons. The molecule has 0 saturated heterocycles. The first kappa shape index (κ1) is 13.0. The van der Waals surface area contributed by atoms with Gasteiger partial charge in [-0.05, 0) is 18.4 Å². The zero-order valence-electron chi connectivity index (χ0n) is 9.85. The van der Waals surface area contributed by atoms with Crippen LogP contribution in [0.3, 0.4) is 0 Å². The van der Waals surface area contributed by atoms with Crippen molar-refractivity contribution in [2.24, 2.45) is 7.05 Å². The first-order chi connectivity index (χ1) is 8.54. The van der Waals surface area contributed by atoms with Gasteiger partial charge in [0, 0.05) is 17.6 Å². The van der Waals surface area contributed by atoms with Crippen LogP contribution in [0.2, 0.25) is 5.02 Å². The van der Waals surface area contributed by atoms with Gasteiger partial charge in [-0.25, -0.2) is 9.78 Å². The summed E-state index contributed by atoms with van der Waals surface area (Å²) in [6.07, 6.45) is 1.86. The number of aromatic nitrogens is 2. The molecule has 0 aliphatic rings. The maximum absolute atomic E-state index is 11.2. The lowest BCUT2D eigenvalue weighted by molar-refractivity contribution is 0.0691. The van der Waals surface area contributed by atoms with Crippen molar-refractivity contribution in [1.29, 1.82) is 0 Å². The van der Waals surface area contributed by atoms with Crippen molar-refractivity contribution in [3.05, 3.63) is 35.0 Å². The second-order valence-corrected chi connectivity index (χ2v) is 4.88. The molecule has 1 aromatic heterocycles. The zero-order chi connectivity index (χ0) is 13.3. The minimum atomic E-state index is -1.04. The molecule has 0 atom stereocenters. The summed E-state index contributed by atoms with van der Waals surface area (Å²) in [5.41, 5.74) is 1.36. The Balaban J connectivity index is 2.69. The van der Waals surface area contributed by atoms with Crippen molar-refractivity contribution >= 4 is 29.3 Å². The predicted molar refractivity (Wildman–Crippen MR) is 72.4 cm³/mol. The third kappa shape index (κ3) is 2.23. The average molecular weight is 283 g/mol. The number of carboxylic acids is 1. The van der Waals surface area contributed by atoms with E-state index in [9.17, 15) is 9.90 Å². The molecule has 0 amide bonds. The van der Waals surface area contributed by atoms with Crippen LogP contribution in [0, 0.1) is 0 Å². The van der Waals surface area contributed by atoms with Crippen LogP contribution in [0.25, 0.3) is 11.3 Å². The molecule has 94 valence electrons. The minimum absolute atomic E-state index is 0.0455. The van der Waals surface area contributed by atoms with E-state index in [4.69, 9.17) is 11.6 Å². The average Bonchev–Trinajstić information content (AvgIpc) is 2.66. The zero-order valence-corrected chi connectivity index (χ0v) is 11.4. The van der Waals surface area contributed by atoms with Gasteiger partial charge in [0.05, 0.1) is 5.69 Å². The Kier molecular flexibility index (Phi) is 3.63. The summed E-state index contributed by atoms with van der Waals surface area (Å²) >= 11 is 7.34. The van der Waals surface area contributed by atoms with Gasteiger partial charge in [0.15, 0.2) is 10.9 Å². The summed E-state index contributed by atoms with van der Waals surface area (Å²) in [5.74, 6) is -1.04. The summed E-state index contributed by atoms with van der Waals surface area (Å²) < 4.78 is 1.76. The molecule has 0 aliphatic carbocycles. The summed E-state index contributed by atoms with van der Waals surface area (Å²) in [4.78, 5) is 15.4. The Hall–Kier alpha value is -1.46. The molecule has 0 bridgehead atoms. The Morgan fingerprint density at radius 3 is 2.78 bits per heavy atom. The number of rotatable bonds is 3. The van der Waals surface area contributed by atoms with Crippen LogP contribution in [0.4, 0.5) is 0 Å². The van der Waals surface area contributed by atoms with E-state index < -0.39 is 5.97 Å². The Labute approximate surface area is 114 Å². The fourth-order valence-corrected chi connectivity index (χ4v) is 2.51. The molecular formula is C12H11ClN2O2S. The number of hydrogen-bond acceptors (Lipinski definition) is 3. The first-order valence-corrected chi connectivity index (χ1v) is 6.74. The number of benzene rings is 1. The van der Waals surface area contributed by atoms with Crippen LogP contribution < -0.4 is 0 Å². The molecule has 1 N–H and O–H groups in total. The summed E-state index contributed by atoms with van der Waals surface area (Å²) in [7, 11) is 1.79. The van der Waals surface area contributed by atoms with Crippen LogP contribution >= 0.6 is 23.4 Å². The molecule has 4 nitrogen and oxygen atoms in total. The fraction of sp³-hybridized carbons (Fsp3) is 0.167. The van der Waals surface area contributed by atoms with Crippen molar-refractivity contribution < 1.29 is 9.90 Å². The van der Waals surface area contributed by atoms with Gasteiger partial charge < -0.3 is 9.67 Å². The van der Waals surface area contributed by atoms with Crippen molar-refractivity contribution in [1.82, 2.24) is 9.55 Å². The van der Waals surface area contributed by atoms with Crippen LogP contribution in [0.1, 0.15) is 10.5 Å². The highest BCUT2D eigenvalue weighted by atomic mass is 35.5. The van der Waals surface area contributed by atoms with Gasteiger partial charge in [0.2, 0.25) is 0 Å². The van der Waals surface area contributed by atoms with Gasteiger partial charge in [-0.2, -0.15) is 0 Å². The summed E-state index contributed by atoms with van der Waals surface area (Å²) in [6, 6.07) is 7.08. The highest BCUT2D eigenvalue weighted by Crippen LogP contribution is 2.29. The van der Waals surface area contributed by atoms with Crippen molar-refractivity contribution in [2.45, 2.75) is 5.16 Å². The number of thioether (sulfide) groups is 1. The number of nitrogens with zero attached hydrogens (tertiary/aromatic N) is 2. The van der Waals surface area contributed by atoms with E-state index in [0.717, 1.165) is 5.56 Å². The van der Waals surface area contributed by atoms with Gasteiger partial charge in [-0.15, -0.1) is 0 Å². The molecule has 6 heteroatoms. The number of carboxylic acid groups (broad SMARTS) is 1. The minimum Gasteiger partial charge on any atom is -0.476 e. The van der Waals surface area contributed by atoms with Crippen LogP contribution in [-0.2, 0) is 7.05 Å². The molecular weight excluding hydrogens is 272 g/mol. The van der Waals surface area contributed by atoms with E-state index in [1.807, 2.05) is 12.3 Å². The van der Waals surface area contributed by atoms with E-state index in [2.05, 4.69) is 4.98 Å². The highest BCUT2D eigenvalue weighted by molar-refractivity contribution is 7.98. The second kappa shape index (κ2) is 5.04. The van der Waals surface area contributed by atoms with Crippen molar-refractivity contribution in [3.8, 4) is 11.3 Å². The molecule has 2 aromatic rings. The second-order valence-electron chi connectivity index (χ2n) is 3.67. The van der Waals surface area contributed by atoms with Crippen molar-refractivity contribution in [3.63, 3.8) is 0 Å². The van der Waals surface area contributed by atoms with Crippen LogP contribution in [-0.4, -0.2) is 26.9 Å². The normalized spacial score (nSPS) is 10.6. The van der Waals surface area contributed by atoms with Gasteiger partial charge in [0.25, 0.3) is 0 Å². The number of hydrogen-bond donors (Lipinski definition) is 1. The van der Waals surface area contributed by atoms with E-state index in [1.54, 1.807) is 29.8 Å².